The first-order valence-corrected chi connectivity index (χ1v) is 7.30. The molecule has 1 heterocycles. The number of nitrogens with zero attached hydrogens (tertiary/aromatic N) is 1. The van der Waals surface area contributed by atoms with Crippen molar-refractivity contribution in [2.24, 2.45) is 5.92 Å². The third-order valence-electron chi connectivity index (χ3n) is 2.74. The fraction of sp³-hybridized carbons (Fsp3) is 0.615. The molecule has 0 aliphatic heterocycles. The van der Waals surface area contributed by atoms with E-state index in [0.717, 1.165) is 11.4 Å². The highest BCUT2D eigenvalue weighted by Gasteiger charge is 2.19. The van der Waals surface area contributed by atoms with Crippen molar-refractivity contribution in [1.82, 2.24) is 10.3 Å². The van der Waals surface area contributed by atoms with Gasteiger partial charge in [-0.25, -0.2) is 4.98 Å². The van der Waals surface area contributed by atoms with Crippen LogP contribution in [0.15, 0.2) is 5.38 Å². The average molecular weight is 284 g/mol. The van der Waals surface area contributed by atoms with E-state index in [0.29, 0.717) is 18.0 Å². The molecule has 0 fully saturated rings. The molecule has 0 aromatic carbocycles. The van der Waals surface area contributed by atoms with Crippen LogP contribution in [-0.4, -0.2) is 28.5 Å². The van der Waals surface area contributed by atoms with Gasteiger partial charge in [-0.1, -0.05) is 27.2 Å². The van der Waals surface area contributed by atoms with Crippen LogP contribution < -0.4 is 5.32 Å². The Hall–Kier alpha value is -1.43. The Labute approximate surface area is 117 Å². The number of carboxylic acids is 1. The third-order valence-corrected chi connectivity index (χ3v) is 3.89. The lowest BCUT2D eigenvalue weighted by atomic mass is 10.0. The molecule has 0 radical (unpaired) electrons. The number of aliphatic carboxylic acids is 1. The minimum absolute atomic E-state index is 0.149. The predicted molar refractivity (Wildman–Crippen MR) is 74.6 cm³/mol. The maximum Gasteiger partial charge on any atom is 0.308 e. The van der Waals surface area contributed by atoms with Gasteiger partial charge in [0.25, 0.3) is 5.91 Å². The van der Waals surface area contributed by atoms with Crippen LogP contribution in [0.4, 0.5) is 0 Å². The SMILES string of the molecule is CCCC(CNC(=O)c1csc(C(C)C)n1)C(=O)O. The molecule has 0 bridgehead atoms. The van der Waals surface area contributed by atoms with Crippen LogP contribution in [0.1, 0.15) is 55.0 Å². The first-order chi connectivity index (χ1) is 8.95. The van der Waals surface area contributed by atoms with Gasteiger partial charge in [0.15, 0.2) is 0 Å². The second kappa shape index (κ2) is 7.23. The number of carbonyl (C=O) groups is 2. The van der Waals surface area contributed by atoms with Gasteiger partial charge in [-0.3, -0.25) is 9.59 Å². The largest absolute Gasteiger partial charge is 0.481 e. The van der Waals surface area contributed by atoms with E-state index in [-0.39, 0.29) is 12.5 Å². The van der Waals surface area contributed by atoms with Crippen LogP contribution in [0.3, 0.4) is 0 Å². The van der Waals surface area contributed by atoms with Gasteiger partial charge in [0.2, 0.25) is 0 Å². The number of carbonyl (C=O) groups excluding carboxylic acids is 1. The van der Waals surface area contributed by atoms with Crippen molar-refractivity contribution < 1.29 is 14.7 Å². The Morgan fingerprint density at radius 2 is 2.16 bits per heavy atom. The summed E-state index contributed by atoms with van der Waals surface area (Å²) in [6, 6.07) is 0. The van der Waals surface area contributed by atoms with E-state index in [1.807, 2.05) is 20.8 Å². The molecular weight excluding hydrogens is 264 g/mol. The van der Waals surface area contributed by atoms with E-state index in [1.165, 1.54) is 11.3 Å². The summed E-state index contributed by atoms with van der Waals surface area (Å²) < 4.78 is 0. The topological polar surface area (TPSA) is 79.3 Å². The van der Waals surface area contributed by atoms with Crippen molar-refractivity contribution in [3.63, 3.8) is 0 Å². The van der Waals surface area contributed by atoms with Gasteiger partial charge >= 0.3 is 5.97 Å². The number of carboxylic acid groups (broad SMARTS) is 1. The smallest absolute Gasteiger partial charge is 0.308 e. The maximum atomic E-state index is 11.9. The van der Waals surface area contributed by atoms with Gasteiger partial charge in [0.1, 0.15) is 5.69 Å². The number of aromatic nitrogens is 1. The molecule has 0 saturated carbocycles. The number of thiazole rings is 1. The fourth-order valence-corrected chi connectivity index (χ4v) is 2.44. The summed E-state index contributed by atoms with van der Waals surface area (Å²) in [4.78, 5) is 27.1. The second-order valence-electron chi connectivity index (χ2n) is 4.76. The molecule has 1 amide bonds. The minimum Gasteiger partial charge on any atom is -0.481 e. The van der Waals surface area contributed by atoms with Crippen LogP contribution in [0.2, 0.25) is 0 Å². The first-order valence-electron chi connectivity index (χ1n) is 6.42. The highest BCUT2D eigenvalue weighted by molar-refractivity contribution is 7.09. The van der Waals surface area contributed by atoms with Gasteiger partial charge < -0.3 is 10.4 Å². The average Bonchev–Trinajstić information content (AvgIpc) is 2.83. The van der Waals surface area contributed by atoms with Crippen molar-refractivity contribution in [2.45, 2.75) is 39.5 Å². The lowest BCUT2D eigenvalue weighted by molar-refractivity contribution is -0.141. The molecule has 1 aromatic heterocycles. The molecule has 1 aromatic rings. The van der Waals surface area contributed by atoms with Crippen molar-refractivity contribution in [2.75, 3.05) is 6.54 Å². The Balaban J connectivity index is 2.56. The van der Waals surface area contributed by atoms with Gasteiger partial charge in [0.05, 0.1) is 10.9 Å². The summed E-state index contributed by atoms with van der Waals surface area (Å²) in [5.74, 6) is -1.41. The molecule has 6 heteroatoms. The molecule has 1 rings (SSSR count). The molecule has 0 spiro atoms. The Kier molecular flexibility index (Phi) is 5.95. The van der Waals surface area contributed by atoms with Gasteiger partial charge in [-0.2, -0.15) is 0 Å². The van der Waals surface area contributed by atoms with Crippen LogP contribution in [-0.2, 0) is 4.79 Å². The monoisotopic (exact) mass is 284 g/mol. The third kappa shape index (κ3) is 4.63. The van der Waals surface area contributed by atoms with Gasteiger partial charge in [0, 0.05) is 17.8 Å². The van der Waals surface area contributed by atoms with E-state index in [4.69, 9.17) is 5.11 Å². The van der Waals surface area contributed by atoms with Crippen molar-refractivity contribution >= 4 is 23.2 Å². The summed E-state index contributed by atoms with van der Waals surface area (Å²) in [6.07, 6.45) is 1.34. The molecular formula is C13H20N2O3S. The Morgan fingerprint density at radius 1 is 1.47 bits per heavy atom. The van der Waals surface area contributed by atoms with Crippen LogP contribution in [0, 0.1) is 5.92 Å². The second-order valence-corrected chi connectivity index (χ2v) is 5.65. The molecule has 1 unspecified atom stereocenters. The number of nitrogens with one attached hydrogen (secondary N) is 1. The summed E-state index contributed by atoms with van der Waals surface area (Å²) in [5, 5.41) is 14.3. The number of rotatable bonds is 7. The number of amides is 1. The zero-order valence-electron chi connectivity index (χ0n) is 11.5. The number of hydrogen-bond donors (Lipinski definition) is 2. The molecule has 106 valence electrons. The standard InChI is InChI=1S/C13H20N2O3S/c1-4-5-9(13(17)18)6-14-11(16)10-7-19-12(15-10)8(2)3/h7-9H,4-6H2,1-3H3,(H,14,16)(H,17,18). The molecule has 2 N–H and O–H groups in total. The van der Waals surface area contributed by atoms with Gasteiger partial charge in [-0.05, 0) is 6.42 Å². The van der Waals surface area contributed by atoms with Crippen LogP contribution >= 0.6 is 11.3 Å². The van der Waals surface area contributed by atoms with E-state index in [1.54, 1.807) is 5.38 Å². The van der Waals surface area contributed by atoms with E-state index in [9.17, 15) is 9.59 Å². The van der Waals surface area contributed by atoms with Crippen LogP contribution in [0.25, 0.3) is 0 Å². The number of hydrogen-bond acceptors (Lipinski definition) is 4. The Bertz CT molecular complexity index is 443. The van der Waals surface area contributed by atoms with E-state index in [2.05, 4.69) is 10.3 Å². The lowest BCUT2D eigenvalue weighted by Gasteiger charge is -2.11. The maximum absolute atomic E-state index is 11.9. The fourth-order valence-electron chi connectivity index (χ4n) is 1.62. The first kappa shape index (κ1) is 15.6. The zero-order chi connectivity index (χ0) is 14.4. The minimum atomic E-state index is -0.872. The van der Waals surface area contributed by atoms with Crippen molar-refractivity contribution in [3.8, 4) is 0 Å². The molecule has 0 aliphatic carbocycles. The molecule has 0 aliphatic rings. The Morgan fingerprint density at radius 3 is 2.63 bits per heavy atom. The van der Waals surface area contributed by atoms with Crippen molar-refractivity contribution in [3.05, 3.63) is 16.1 Å². The quantitative estimate of drug-likeness (QED) is 0.806. The predicted octanol–water partition coefficient (Wildman–Crippen LogP) is 2.50. The zero-order valence-corrected chi connectivity index (χ0v) is 12.3. The van der Waals surface area contributed by atoms with Crippen LogP contribution in [0.5, 0.6) is 0 Å². The summed E-state index contributed by atoms with van der Waals surface area (Å²) >= 11 is 1.45. The van der Waals surface area contributed by atoms with Crippen molar-refractivity contribution in [1.29, 1.82) is 0 Å². The van der Waals surface area contributed by atoms with E-state index < -0.39 is 11.9 Å². The molecule has 19 heavy (non-hydrogen) atoms. The summed E-state index contributed by atoms with van der Waals surface area (Å²) in [7, 11) is 0. The van der Waals surface area contributed by atoms with Gasteiger partial charge in [-0.15, -0.1) is 11.3 Å². The normalized spacial score (nSPS) is 12.4. The molecule has 0 saturated heterocycles. The summed E-state index contributed by atoms with van der Waals surface area (Å²) in [5.41, 5.74) is 0.370. The molecule has 5 nitrogen and oxygen atoms in total. The molecule has 1 atom stereocenters. The summed E-state index contributed by atoms with van der Waals surface area (Å²) in [6.45, 7) is 6.11. The van der Waals surface area contributed by atoms with E-state index >= 15 is 0 Å². The highest BCUT2D eigenvalue weighted by Crippen LogP contribution is 2.19. The lowest BCUT2D eigenvalue weighted by Crippen LogP contribution is -2.33. The highest BCUT2D eigenvalue weighted by atomic mass is 32.1.